The van der Waals surface area contributed by atoms with Gasteiger partial charge in [0.1, 0.15) is 5.82 Å². The summed E-state index contributed by atoms with van der Waals surface area (Å²) in [5, 5.41) is 4.65. The highest BCUT2D eigenvalue weighted by Gasteiger charge is 2.35. The molecular formula is C24H21F4N5O2. The molecule has 11 heteroatoms. The summed E-state index contributed by atoms with van der Waals surface area (Å²) in [5.74, 6) is -2.14. The number of alkyl halides is 3. The number of rotatable bonds is 5. The van der Waals surface area contributed by atoms with Crippen LogP contribution in [-0.4, -0.2) is 34.9 Å². The van der Waals surface area contributed by atoms with E-state index in [9.17, 15) is 27.2 Å². The van der Waals surface area contributed by atoms with Crippen LogP contribution in [0.1, 0.15) is 28.8 Å². The van der Waals surface area contributed by atoms with Crippen LogP contribution in [0.15, 0.2) is 60.9 Å². The number of nitrogens with one attached hydrogen (secondary N) is 2. The predicted octanol–water partition coefficient (Wildman–Crippen LogP) is 4.74. The third-order valence-electron chi connectivity index (χ3n) is 5.66. The molecule has 0 atom stereocenters. The fourth-order valence-electron chi connectivity index (χ4n) is 3.84. The number of benzene rings is 2. The summed E-state index contributed by atoms with van der Waals surface area (Å²) in [6.07, 6.45) is -0.704. The molecule has 0 unspecified atom stereocenters. The van der Waals surface area contributed by atoms with Gasteiger partial charge in [-0.1, -0.05) is 12.1 Å². The Morgan fingerprint density at radius 1 is 0.943 bits per heavy atom. The Kier molecular flexibility index (Phi) is 6.94. The highest BCUT2D eigenvalue weighted by molar-refractivity contribution is 6.04. The summed E-state index contributed by atoms with van der Waals surface area (Å²) in [6.45, 7) is 0.991. The summed E-state index contributed by atoms with van der Waals surface area (Å²) in [7, 11) is 0. The quantitative estimate of drug-likeness (QED) is 0.508. The summed E-state index contributed by atoms with van der Waals surface area (Å²) < 4.78 is 55.0. The molecular weight excluding hydrogens is 466 g/mol. The van der Waals surface area contributed by atoms with Crippen molar-refractivity contribution in [3.8, 4) is 0 Å². The Morgan fingerprint density at radius 2 is 1.63 bits per heavy atom. The third-order valence-corrected chi connectivity index (χ3v) is 5.66. The first-order valence-corrected chi connectivity index (χ1v) is 10.8. The van der Waals surface area contributed by atoms with Gasteiger partial charge in [0.15, 0.2) is 0 Å². The molecule has 182 valence electrons. The van der Waals surface area contributed by atoms with E-state index < -0.39 is 41.0 Å². The maximum Gasteiger partial charge on any atom is 0.418 e. The van der Waals surface area contributed by atoms with Crippen LogP contribution in [0, 0.1) is 11.7 Å². The Hall–Kier alpha value is -4.02. The van der Waals surface area contributed by atoms with Crippen LogP contribution in [0.4, 0.5) is 34.9 Å². The van der Waals surface area contributed by atoms with Gasteiger partial charge in [-0.3, -0.25) is 9.59 Å². The van der Waals surface area contributed by atoms with E-state index in [1.54, 1.807) is 18.5 Å². The van der Waals surface area contributed by atoms with Crippen molar-refractivity contribution in [2.45, 2.75) is 19.0 Å². The van der Waals surface area contributed by atoms with Gasteiger partial charge < -0.3 is 15.5 Å². The summed E-state index contributed by atoms with van der Waals surface area (Å²) in [6, 6.07) is 9.83. The van der Waals surface area contributed by atoms with Crippen LogP contribution in [0.25, 0.3) is 0 Å². The van der Waals surface area contributed by atoms with Crippen LogP contribution < -0.4 is 15.5 Å². The van der Waals surface area contributed by atoms with Crippen LogP contribution >= 0.6 is 0 Å². The lowest BCUT2D eigenvalue weighted by Gasteiger charge is -2.31. The number of anilines is 3. The first-order chi connectivity index (χ1) is 16.7. The number of hydrogen-bond donors (Lipinski definition) is 2. The van der Waals surface area contributed by atoms with E-state index in [2.05, 4.69) is 20.6 Å². The molecule has 2 heterocycles. The number of carbonyl (C=O) groups excluding carboxylic acids is 2. The number of amides is 2. The SMILES string of the molecule is O=C(Nc1ccc(NC(=O)C2CCN(c3ncccn3)CC2)c(C(F)(F)F)c1)c1ccccc1F. The van der Waals surface area contributed by atoms with E-state index in [1.807, 2.05) is 4.90 Å². The summed E-state index contributed by atoms with van der Waals surface area (Å²) in [4.78, 5) is 35.3. The second-order valence-corrected chi connectivity index (χ2v) is 7.99. The van der Waals surface area contributed by atoms with Crippen molar-refractivity contribution in [3.05, 3.63) is 77.9 Å². The first kappa shape index (κ1) is 24.1. The zero-order valence-corrected chi connectivity index (χ0v) is 18.3. The highest BCUT2D eigenvalue weighted by Crippen LogP contribution is 2.37. The molecule has 1 saturated heterocycles. The Morgan fingerprint density at radius 3 is 2.29 bits per heavy atom. The fraction of sp³-hybridized carbons (Fsp3) is 0.250. The van der Waals surface area contributed by atoms with Gasteiger partial charge in [0.2, 0.25) is 11.9 Å². The van der Waals surface area contributed by atoms with E-state index in [0.29, 0.717) is 37.9 Å². The van der Waals surface area contributed by atoms with Crippen molar-refractivity contribution >= 4 is 29.1 Å². The van der Waals surface area contributed by atoms with Crippen molar-refractivity contribution in [3.63, 3.8) is 0 Å². The second-order valence-electron chi connectivity index (χ2n) is 7.99. The van der Waals surface area contributed by atoms with E-state index in [4.69, 9.17) is 0 Å². The van der Waals surface area contributed by atoms with Gasteiger partial charge in [0.25, 0.3) is 5.91 Å². The van der Waals surface area contributed by atoms with Gasteiger partial charge in [-0.25, -0.2) is 14.4 Å². The maximum atomic E-state index is 13.8. The number of carbonyl (C=O) groups is 2. The summed E-state index contributed by atoms with van der Waals surface area (Å²) >= 11 is 0. The Balaban J connectivity index is 1.45. The van der Waals surface area contributed by atoms with Crippen molar-refractivity contribution in [1.82, 2.24) is 9.97 Å². The number of nitrogens with zero attached hydrogens (tertiary/aromatic N) is 3. The molecule has 7 nitrogen and oxygen atoms in total. The molecule has 0 radical (unpaired) electrons. The largest absolute Gasteiger partial charge is 0.418 e. The number of halogens is 4. The minimum atomic E-state index is -4.80. The predicted molar refractivity (Wildman–Crippen MR) is 121 cm³/mol. The Bertz CT molecular complexity index is 1210. The van der Waals surface area contributed by atoms with E-state index in [0.717, 1.165) is 12.1 Å². The molecule has 0 saturated carbocycles. The molecule has 3 aromatic rings. The molecule has 2 N–H and O–H groups in total. The number of piperidine rings is 1. The second kappa shape index (κ2) is 10.1. The molecule has 2 amide bonds. The van der Waals surface area contributed by atoms with Crippen molar-refractivity contribution in [2.24, 2.45) is 5.92 Å². The molecule has 0 bridgehead atoms. The van der Waals surface area contributed by atoms with Crippen molar-refractivity contribution in [2.75, 3.05) is 28.6 Å². The third kappa shape index (κ3) is 5.73. The van der Waals surface area contributed by atoms with E-state index in [1.165, 1.54) is 24.3 Å². The normalized spacial score (nSPS) is 14.5. The van der Waals surface area contributed by atoms with Crippen molar-refractivity contribution in [1.29, 1.82) is 0 Å². The van der Waals surface area contributed by atoms with E-state index >= 15 is 0 Å². The smallest absolute Gasteiger partial charge is 0.341 e. The molecule has 1 aromatic heterocycles. The van der Waals surface area contributed by atoms with Gasteiger partial charge in [-0.05, 0) is 49.2 Å². The number of hydrogen-bond acceptors (Lipinski definition) is 5. The summed E-state index contributed by atoms with van der Waals surface area (Å²) in [5.41, 5.74) is -2.02. The molecule has 1 aliphatic heterocycles. The zero-order chi connectivity index (χ0) is 25.0. The first-order valence-electron chi connectivity index (χ1n) is 10.8. The van der Waals surface area contributed by atoms with Crippen LogP contribution in [0.3, 0.4) is 0 Å². The molecule has 0 spiro atoms. The molecule has 35 heavy (non-hydrogen) atoms. The average Bonchev–Trinajstić information content (AvgIpc) is 2.85. The van der Waals surface area contributed by atoms with Crippen LogP contribution in [-0.2, 0) is 11.0 Å². The molecule has 2 aromatic carbocycles. The van der Waals surface area contributed by atoms with Gasteiger partial charge in [-0.2, -0.15) is 13.2 Å². The lowest BCUT2D eigenvalue weighted by Crippen LogP contribution is -2.39. The van der Waals surface area contributed by atoms with Crippen molar-refractivity contribution < 1.29 is 27.2 Å². The minimum absolute atomic E-state index is 0.181. The standard InChI is InChI=1S/C24H21F4N5O2/c25-19-5-2-1-4-17(19)22(35)31-16-6-7-20(18(14-16)24(26,27)28)32-21(34)15-8-12-33(13-9-15)23-29-10-3-11-30-23/h1-7,10-11,14-15H,8-9,12-13H2,(H,31,35)(H,32,34). The molecule has 4 rings (SSSR count). The molecule has 1 aliphatic rings. The average molecular weight is 487 g/mol. The minimum Gasteiger partial charge on any atom is -0.341 e. The topological polar surface area (TPSA) is 87.2 Å². The fourth-order valence-corrected chi connectivity index (χ4v) is 3.84. The molecule has 0 aliphatic carbocycles. The van der Waals surface area contributed by atoms with Crippen LogP contribution in [0.2, 0.25) is 0 Å². The zero-order valence-electron chi connectivity index (χ0n) is 18.3. The highest BCUT2D eigenvalue weighted by atomic mass is 19.4. The monoisotopic (exact) mass is 487 g/mol. The maximum absolute atomic E-state index is 13.8. The molecule has 1 fully saturated rings. The lowest BCUT2D eigenvalue weighted by atomic mass is 9.95. The number of aromatic nitrogens is 2. The van der Waals surface area contributed by atoms with Gasteiger partial charge >= 0.3 is 6.18 Å². The van der Waals surface area contributed by atoms with Gasteiger partial charge in [-0.15, -0.1) is 0 Å². The van der Waals surface area contributed by atoms with E-state index in [-0.39, 0.29) is 11.3 Å². The lowest BCUT2D eigenvalue weighted by molar-refractivity contribution is -0.137. The Labute approximate surface area is 198 Å². The van der Waals surface area contributed by atoms with Gasteiger partial charge in [0, 0.05) is 37.1 Å². The van der Waals surface area contributed by atoms with Crippen LogP contribution in [0.5, 0.6) is 0 Å². The van der Waals surface area contributed by atoms with Gasteiger partial charge in [0.05, 0.1) is 16.8 Å².